The van der Waals surface area contributed by atoms with Gasteiger partial charge in [-0.3, -0.25) is 4.79 Å². The molecular weight excluding hydrogens is 244 g/mol. The molecule has 2 unspecified atom stereocenters. The van der Waals surface area contributed by atoms with E-state index in [4.69, 9.17) is 5.73 Å². The first-order valence-electron chi connectivity index (χ1n) is 6.52. The lowest BCUT2D eigenvalue weighted by Gasteiger charge is -2.14. The minimum atomic E-state index is 0.0220. The predicted molar refractivity (Wildman–Crippen MR) is 73.5 cm³/mol. The molecule has 96 valence electrons. The second-order valence-electron chi connectivity index (χ2n) is 5.16. The molecule has 1 aromatic rings. The summed E-state index contributed by atoms with van der Waals surface area (Å²) in [7, 11) is 0. The van der Waals surface area contributed by atoms with Gasteiger partial charge < -0.3 is 11.1 Å². The molecule has 4 heteroatoms. The third kappa shape index (κ3) is 2.54. The monoisotopic (exact) mass is 262 g/mol. The Balaban J connectivity index is 1.52. The van der Waals surface area contributed by atoms with Gasteiger partial charge in [-0.2, -0.15) is 0 Å². The molecule has 0 spiro atoms. The van der Waals surface area contributed by atoms with Gasteiger partial charge in [0.05, 0.1) is 5.25 Å². The van der Waals surface area contributed by atoms with Crippen molar-refractivity contribution < 1.29 is 4.79 Å². The lowest BCUT2D eigenvalue weighted by molar-refractivity contribution is -0.120. The summed E-state index contributed by atoms with van der Waals surface area (Å²) < 4.78 is 0. The third-order valence-corrected chi connectivity index (χ3v) is 5.00. The molecule has 18 heavy (non-hydrogen) atoms. The molecule has 1 amide bonds. The summed E-state index contributed by atoms with van der Waals surface area (Å²) in [5.74, 6) is 0.769. The number of thioether (sulfide) groups is 1. The summed E-state index contributed by atoms with van der Waals surface area (Å²) in [6.07, 6.45) is 3.28. The van der Waals surface area contributed by atoms with Crippen LogP contribution in [-0.2, 0) is 11.2 Å². The van der Waals surface area contributed by atoms with Crippen LogP contribution in [0, 0.1) is 5.92 Å². The Labute approximate surface area is 112 Å². The van der Waals surface area contributed by atoms with Gasteiger partial charge in [0.25, 0.3) is 0 Å². The second-order valence-corrected chi connectivity index (χ2v) is 6.41. The zero-order chi connectivity index (χ0) is 12.5. The molecule has 1 aliphatic heterocycles. The standard InChI is InChI=1S/C14H18N2OS/c15-11(9-5-6-9)8-16-14(17)13-7-10-3-1-2-4-12(10)18-13/h1-4,9,11,13H,5-8,15H2,(H,16,17). The fraction of sp³-hybridized carbons (Fsp3) is 0.500. The van der Waals surface area contributed by atoms with Gasteiger partial charge in [-0.15, -0.1) is 11.8 Å². The fourth-order valence-corrected chi connectivity index (χ4v) is 3.57. The molecule has 3 rings (SSSR count). The number of rotatable bonds is 4. The van der Waals surface area contributed by atoms with Crippen LogP contribution in [0.3, 0.4) is 0 Å². The highest BCUT2D eigenvalue weighted by atomic mass is 32.2. The quantitative estimate of drug-likeness (QED) is 0.866. The molecule has 1 aromatic carbocycles. The van der Waals surface area contributed by atoms with Crippen molar-refractivity contribution in [3.05, 3.63) is 29.8 Å². The number of nitrogens with one attached hydrogen (secondary N) is 1. The first-order valence-corrected chi connectivity index (χ1v) is 7.40. The summed E-state index contributed by atoms with van der Waals surface area (Å²) in [6.45, 7) is 0.622. The predicted octanol–water partition coefficient (Wildman–Crippen LogP) is 1.56. The van der Waals surface area contributed by atoms with E-state index >= 15 is 0 Å². The average molecular weight is 262 g/mol. The topological polar surface area (TPSA) is 55.1 Å². The molecular formula is C14H18N2OS. The Kier molecular flexibility index (Phi) is 3.31. The van der Waals surface area contributed by atoms with Crippen LogP contribution in [0.2, 0.25) is 0 Å². The Morgan fingerprint density at radius 1 is 1.44 bits per heavy atom. The van der Waals surface area contributed by atoms with E-state index in [2.05, 4.69) is 17.4 Å². The van der Waals surface area contributed by atoms with Gasteiger partial charge in [-0.25, -0.2) is 0 Å². The van der Waals surface area contributed by atoms with E-state index in [9.17, 15) is 4.79 Å². The number of carbonyl (C=O) groups excluding carboxylic acids is 1. The van der Waals surface area contributed by atoms with Crippen molar-refractivity contribution in [1.29, 1.82) is 0 Å². The van der Waals surface area contributed by atoms with Crippen molar-refractivity contribution in [3.8, 4) is 0 Å². The van der Waals surface area contributed by atoms with Gasteiger partial charge in [-0.05, 0) is 36.8 Å². The van der Waals surface area contributed by atoms with Crippen molar-refractivity contribution in [1.82, 2.24) is 5.32 Å². The number of hydrogen-bond acceptors (Lipinski definition) is 3. The van der Waals surface area contributed by atoms with E-state index in [0.29, 0.717) is 12.5 Å². The highest BCUT2D eigenvalue weighted by molar-refractivity contribution is 8.01. The van der Waals surface area contributed by atoms with Crippen molar-refractivity contribution in [2.75, 3.05) is 6.54 Å². The van der Waals surface area contributed by atoms with E-state index in [1.54, 1.807) is 11.8 Å². The summed E-state index contributed by atoms with van der Waals surface area (Å²) in [6, 6.07) is 8.38. The SMILES string of the molecule is NC(CNC(=O)C1Cc2ccccc2S1)C1CC1. The molecule has 2 aliphatic rings. The van der Waals surface area contributed by atoms with E-state index < -0.39 is 0 Å². The van der Waals surface area contributed by atoms with Gasteiger partial charge in [0.2, 0.25) is 5.91 Å². The molecule has 3 N–H and O–H groups in total. The van der Waals surface area contributed by atoms with E-state index in [1.807, 2.05) is 12.1 Å². The maximum atomic E-state index is 12.1. The van der Waals surface area contributed by atoms with Gasteiger partial charge in [0.1, 0.15) is 0 Å². The fourth-order valence-electron chi connectivity index (χ4n) is 2.35. The average Bonchev–Trinajstić information content (AvgIpc) is 3.14. The first-order chi connectivity index (χ1) is 8.74. The maximum absolute atomic E-state index is 12.1. The molecule has 0 aromatic heterocycles. The number of hydrogen-bond donors (Lipinski definition) is 2. The number of carbonyl (C=O) groups is 1. The highest BCUT2D eigenvalue weighted by Gasteiger charge is 2.31. The molecule has 1 fully saturated rings. The highest BCUT2D eigenvalue weighted by Crippen LogP contribution is 2.36. The molecule has 0 radical (unpaired) electrons. The molecule has 2 atom stereocenters. The third-order valence-electron chi connectivity index (χ3n) is 3.68. The summed E-state index contributed by atoms with van der Waals surface area (Å²) in [5, 5.41) is 3.02. The molecule has 0 saturated heterocycles. The number of amides is 1. The zero-order valence-corrected chi connectivity index (χ0v) is 11.1. The Bertz CT molecular complexity index is 434. The lowest BCUT2D eigenvalue weighted by atomic mass is 10.1. The van der Waals surface area contributed by atoms with E-state index in [0.717, 1.165) is 6.42 Å². The van der Waals surface area contributed by atoms with Crippen LogP contribution in [-0.4, -0.2) is 23.7 Å². The van der Waals surface area contributed by atoms with Crippen molar-refractivity contribution in [3.63, 3.8) is 0 Å². The minimum Gasteiger partial charge on any atom is -0.354 e. The van der Waals surface area contributed by atoms with Crippen LogP contribution >= 0.6 is 11.8 Å². The zero-order valence-electron chi connectivity index (χ0n) is 10.3. The van der Waals surface area contributed by atoms with Gasteiger partial charge in [0.15, 0.2) is 0 Å². The minimum absolute atomic E-state index is 0.0220. The summed E-state index contributed by atoms with van der Waals surface area (Å²) in [5.41, 5.74) is 7.27. The molecule has 0 bridgehead atoms. The number of benzene rings is 1. The van der Waals surface area contributed by atoms with Crippen molar-refractivity contribution in [2.45, 2.75) is 35.4 Å². The smallest absolute Gasteiger partial charge is 0.233 e. The summed E-state index contributed by atoms with van der Waals surface area (Å²) in [4.78, 5) is 13.3. The molecule has 1 aliphatic carbocycles. The van der Waals surface area contributed by atoms with Crippen LogP contribution in [0.15, 0.2) is 29.2 Å². The van der Waals surface area contributed by atoms with Gasteiger partial charge in [0, 0.05) is 17.5 Å². The number of nitrogens with two attached hydrogens (primary N) is 1. The van der Waals surface area contributed by atoms with E-state index in [-0.39, 0.29) is 17.2 Å². The van der Waals surface area contributed by atoms with Gasteiger partial charge >= 0.3 is 0 Å². The molecule has 3 nitrogen and oxygen atoms in total. The van der Waals surface area contributed by atoms with Crippen LogP contribution in [0.25, 0.3) is 0 Å². The lowest BCUT2D eigenvalue weighted by Crippen LogP contribution is -2.41. The molecule has 1 heterocycles. The Morgan fingerprint density at radius 3 is 2.94 bits per heavy atom. The molecule has 1 saturated carbocycles. The van der Waals surface area contributed by atoms with Crippen LogP contribution in [0.4, 0.5) is 0 Å². The van der Waals surface area contributed by atoms with Crippen LogP contribution < -0.4 is 11.1 Å². The first kappa shape index (κ1) is 12.1. The summed E-state index contributed by atoms with van der Waals surface area (Å²) >= 11 is 1.67. The van der Waals surface area contributed by atoms with Crippen molar-refractivity contribution in [2.24, 2.45) is 11.7 Å². The largest absolute Gasteiger partial charge is 0.354 e. The van der Waals surface area contributed by atoms with Crippen LogP contribution in [0.1, 0.15) is 18.4 Å². The maximum Gasteiger partial charge on any atom is 0.233 e. The van der Waals surface area contributed by atoms with Crippen molar-refractivity contribution >= 4 is 17.7 Å². The van der Waals surface area contributed by atoms with E-state index in [1.165, 1.54) is 23.3 Å². The number of fused-ring (bicyclic) bond motifs is 1. The second kappa shape index (κ2) is 4.94. The Morgan fingerprint density at radius 2 is 2.22 bits per heavy atom. The normalized spacial score (nSPS) is 23.5. The van der Waals surface area contributed by atoms with Gasteiger partial charge in [-0.1, -0.05) is 18.2 Å². The Hall–Kier alpha value is -1.00. The van der Waals surface area contributed by atoms with Crippen LogP contribution in [0.5, 0.6) is 0 Å².